The van der Waals surface area contributed by atoms with E-state index in [0.29, 0.717) is 30.3 Å². The molecule has 4 rings (SSSR count). The summed E-state index contributed by atoms with van der Waals surface area (Å²) >= 11 is 3.20. The van der Waals surface area contributed by atoms with Crippen molar-refractivity contribution < 1.29 is 19.4 Å². The van der Waals surface area contributed by atoms with Crippen molar-refractivity contribution in [3.05, 3.63) is 75.7 Å². The fourth-order valence-corrected chi connectivity index (χ4v) is 6.43. The van der Waals surface area contributed by atoms with E-state index in [-0.39, 0.29) is 12.0 Å². The number of hydrogen-bond acceptors (Lipinski definition) is 6. The molecule has 0 saturated heterocycles. The zero-order valence-electron chi connectivity index (χ0n) is 22.7. The van der Waals surface area contributed by atoms with Crippen LogP contribution >= 0.6 is 23.1 Å². The summed E-state index contributed by atoms with van der Waals surface area (Å²) in [5, 5.41) is 12.4. The minimum absolute atomic E-state index is 0.00162. The van der Waals surface area contributed by atoms with Gasteiger partial charge in [0, 0.05) is 11.8 Å². The van der Waals surface area contributed by atoms with Gasteiger partial charge in [-0.2, -0.15) is 11.8 Å². The number of carboxylic acids is 1. The van der Waals surface area contributed by atoms with Gasteiger partial charge in [0.15, 0.2) is 0 Å². The first-order chi connectivity index (χ1) is 19.0. The summed E-state index contributed by atoms with van der Waals surface area (Å²) in [7, 11) is 0. The van der Waals surface area contributed by atoms with E-state index in [4.69, 9.17) is 4.74 Å². The van der Waals surface area contributed by atoms with Gasteiger partial charge in [-0.25, -0.2) is 4.79 Å². The summed E-state index contributed by atoms with van der Waals surface area (Å²) in [5.41, 5.74) is 6.07. The third kappa shape index (κ3) is 8.16. The van der Waals surface area contributed by atoms with Crippen molar-refractivity contribution in [1.82, 2.24) is 10.3 Å². The number of amides is 1. The molecular weight excluding hydrogens is 528 g/mol. The molecule has 2 N–H and O–H groups in total. The second-order valence-electron chi connectivity index (χ2n) is 10.3. The molecular formula is C31H38N2O4S2. The Bertz CT molecular complexity index is 1230. The van der Waals surface area contributed by atoms with Crippen LogP contribution in [-0.2, 0) is 16.1 Å². The lowest BCUT2D eigenvalue weighted by Gasteiger charge is -2.26. The van der Waals surface area contributed by atoms with Crippen LogP contribution in [0.4, 0.5) is 0 Å². The molecule has 1 fully saturated rings. The maximum absolute atomic E-state index is 13.4. The van der Waals surface area contributed by atoms with Gasteiger partial charge in [-0.15, -0.1) is 11.3 Å². The van der Waals surface area contributed by atoms with Crippen LogP contribution < -0.4 is 5.32 Å². The van der Waals surface area contributed by atoms with Crippen molar-refractivity contribution >= 4 is 35.0 Å². The van der Waals surface area contributed by atoms with Crippen molar-refractivity contribution in [2.24, 2.45) is 5.92 Å². The number of ether oxygens (including phenoxy) is 1. The van der Waals surface area contributed by atoms with Crippen LogP contribution in [0, 0.1) is 12.8 Å². The van der Waals surface area contributed by atoms with Gasteiger partial charge in [-0.05, 0) is 72.1 Å². The lowest BCUT2D eigenvalue weighted by Crippen LogP contribution is -2.41. The molecule has 1 amide bonds. The topological polar surface area (TPSA) is 88.5 Å². The van der Waals surface area contributed by atoms with Crippen LogP contribution in [0.2, 0.25) is 0 Å². The first-order valence-electron chi connectivity index (χ1n) is 13.7. The molecule has 1 aliphatic carbocycles. The third-order valence-corrected chi connectivity index (χ3v) is 8.98. The lowest BCUT2D eigenvalue weighted by atomic mass is 9.85. The fourth-order valence-electron chi connectivity index (χ4n) is 5.28. The highest BCUT2D eigenvalue weighted by molar-refractivity contribution is 7.98. The largest absolute Gasteiger partial charge is 0.480 e. The molecule has 2 unspecified atom stereocenters. The zero-order chi connectivity index (χ0) is 27.6. The van der Waals surface area contributed by atoms with E-state index in [9.17, 15) is 14.7 Å². The molecule has 0 radical (unpaired) electrons. The van der Waals surface area contributed by atoms with Crippen LogP contribution in [0.15, 0.2) is 54.2 Å². The van der Waals surface area contributed by atoms with E-state index in [0.717, 1.165) is 33.6 Å². The van der Waals surface area contributed by atoms with E-state index < -0.39 is 12.0 Å². The molecule has 3 aromatic rings. The number of carboxylic acid groups (broad SMARTS) is 1. The van der Waals surface area contributed by atoms with Crippen LogP contribution in [-0.4, -0.2) is 40.0 Å². The van der Waals surface area contributed by atoms with Crippen LogP contribution in [0.1, 0.15) is 77.4 Å². The molecule has 39 heavy (non-hydrogen) atoms. The molecule has 0 spiro atoms. The van der Waals surface area contributed by atoms with Gasteiger partial charge in [0.05, 0.1) is 23.1 Å². The highest BCUT2D eigenvalue weighted by atomic mass is 32.2. The number of carbonyl (C=O) groups is 2. The van der Waals surface area contributed by atoms with Gasteiger partial charge >= 0.3 is 5.97 Å². The number of aliphatic carboxylic acids is 1. The minimum atomic E-state index is -1.02. The van der Waals surface area contributed by atoms with E-state index in [1.54, 1.807) is 29.2 Å². The number of carbonyl (C=O) groups excluding carboxylic acids is 1. The maximum atomic E-state index is 13.4. The Morgan fingerprint density at radius 2 is 1.95 bits per heavy atom. The normalized spacial score (nSPS) is 15.5. The van der Waals surface area contributed by atoms with Gasteiger partial charge in [-0.1, -0.05) is 62.4 Å². The number of thiazole rings is 1. The van der Waals surface area contributed by atoms with Gasteiger partial charge in [-0.3, -0.25) is 9.78 Å². The molecule has 1 aliphatic rings. The number of aromatic nitrogens is 1. The number of nitrogens with one attached hydrogen (secondary N) is 1. The Kier molecular flexibility index (Phi) is 11.0. The molecule has 1 saturated carbocycles. The number of thioether (sulfide) groups is 1. The Hall–Kier alpha value is -2.68. The number of aryl methyl sites for hydroxylation is 1. The van der Waals surface area contributed by atoms with Crippen molar-refractivity contribution in [2.75, 3.05) is 12.0 Å². The van der Waals surface area contributed by atoms with Gasteiger partial charge < -0.3 is 15.2 Å². The SMILES string of the molecule is CSCCC(NC(=O)c1ccc(COC(CC2CCCCC2)c2cncs2)cc1-c1ccccc1C)C(=O)O. The average Bonchev–Trinajstić information content (AvgIpc) is 3.49. The summed E-state index contributed by atoms with van der Waals surface area (Å²) < 4.78 is 6.53. The predicted molar refractivity (Wildman–Crippen MR) is 159 cm³/mol. The summed E-state index contributed by atoms with van der Waals surface area (Å²) in [6.07, 6.45) is 11.6. The lowest BCUT2D eigenvalue weighted by molar-refractivity contribution is -0.139. The first kappa shape index (κ1) is 29.3. The van der Waals surface area contributed by atoms with Crippen molar-refractivity contribution in [3.63, 3.8) is 0 Å². The molecule has 2 atom stereocenters. The van der Waals surface area contributed by atoms with Crippen molar-refractivity contribution in [1.29, 1.82) is 0 Å². The van der Waals surface area contributed by atoms with Gasteiger partial charge in [0.1, 0.15) is 6.04 Å². The van der Waals surface area contributed by atoms with Gasteiger partial charge in [0.2, 0.25) is 0 Å². The molecule has 1 heterocycles. The van der Waals surface area contributed by atoms with Crippen molar-refractivity contribution in [3.8, 4) is 11.1 Å². The molecule has 8 heteroatoms. The Morgan fingerprint density at radius 1 is 1.15 bits per heavy atom. The monoisotopic (exact) mass is 566 g/mol. The first-order valence-corrected chi connectivity index (χ1v) is 15.9. The van der Waals surface area contributed by atoms with Crippen LogP contribution in [0.25, 0.3) is 11.1 Å². The molecule has 0 aliphatic heterocycles. The summed E-state index contributed by atoms with van der Waals surface area (Å²) in [6, 6.07) is 12.7. The summed E-state index contributed by atoms with van der Waals surface area (Å²) in [6.45, 7) is 2.43. The van der Waals surface area contributed by atoms with Crippen molar-refractivity contribution in [2.45, 2.75) is 70.6 Å². The third-order valence-electron chi connectivity index (χ3n) is 7.47. The summed E-state index contributed by atoms with van der Waals surface area (Å²) in [5.74, 6) is -0.0753. The molecule has 1 aromatic heterocycles. The second kappa shape index (κ2) is 14.6. The smallest absolute Gasteiger partial charge is 0.326 e. The van der Waals surface area contributed by atoms with E-state index in [2.05, 4.69) is 10.3 Å². The average molecular weight is 567 g/mol. The highest BCUT2D eigenvalue weighted by Crippen LogP contribution is 2.36. The summed E-state index contributed by atoms with van der Waals surface area (Å²) in [4.78, 5) is 30.6. The molecule has 0 bridgehead atoms. The fraction of sp³-hybridized carbons (Fsp3) is 0.452. The quantitative estimate of drug-likeness (QED) is 0.226. The Balaban J connectivity index is 1.57. The maximum Gasteiger partial charge on any atom is 0.326 e. The standard InChI is InChI=1S/C31H38N2O4S2/c1-21-8-6-7-11-24(21)26-16-23(12-13-25(26)30(34)33-27(31(35)36)14-15-38-2)19-37-28(29-18-32-20-39-29)17-22-9-4-3-5-10-22/h6-8,11-13,16,18,20,22,27-28H,3-5,9-10,14-15,17,19H2,1-2H3,(H,33,34)(H,35,36). The minimum Gasteiger partial charge on any atom is -0.480 e. The molecule has 208 valence electrons. The molecule has 6 nitrogen and oxygen atoms in total. The number of hydrogen-bond donors (Lipinski definition) is 2. The number of rotatable bonds is 13. The van der Waals surface area contributed by atoms with Crippen LogP contribution in [0.3, 0.4) is 0 Å². The van der Waals surface area contributed by atoms with E-state index in [1.165, 1.54) is 32.1 Å². The molecule has 2 aromatic carbocycles. The highest BCUT2D eigenvalue weighted by Gasteiger charge is 2.24. The number of nitrogens with zero attached hydrogens (tertiary/aromatic N) is 1. The Morgan fingerprint density at radius 3 is 2.64 bits per heavy atom. The zero-order valence-corrected chi connectivity index (χ0v) is 24.4. The van der Waals surface area contributed by atoms with Gasteiger partial charge in [0.25, 0.3) is 5.91 Å². The second-order valence-corrected chi connectivity index (χ2v) is 12.2. The number of benzene rings is 2. The van der Waals surface area contributed by atoms with E-state index >= 15 is 0 Å². The predicted octanol–water partition coefficient (Wildman–Crippen LogP) is 7.28. The van der Waals surface area contributed by atoms with E-state index in [1.807, 2.05) is 61.3 Å². The van der Waals surface area contributed by atoms with Crippen LogP contribution in [0.5, 0.6) is 0 Å². The Labute approximate surface area is 239 Å².